The van der Waals surface area contributed by atoms with Gasteiger partial charge in [-0.05, 0) is 35.7 Å². The van der Waals surface area contributed by atoms with Gasteiger partial charge in [-0.3, -0.25) is 4.79 Å². The highest BCUT2D eigenvalue weighted by atomic mass is 32.2. The number of rotatable bonds is 7. The first-order valence-electron chi connectivity index (χ1n) is 8.97. The normalized spacial score (nSPS) is 15.6. The molecule has 0 aliphatic carbocycles. The Kier molecular flexibility index (Phi) is 5.99. The molecule has 7 nitrogen and oxygen atoms in total. The van der Waals surface area contributed by atoms with Crippen molar-refractivity contribution in [3.05, 3.63) is 54.1 Å². The molecule has 2 aromatic rings. The van der Waals surface area contributed by atoms with Gasteiger partial charge in [0.2, 0.25) is 5.91 Å². The molecule has 3 rings (SSSR count). The van der Waals surface area contributed by atoms with Gasteiger partial charge in [-0.2, -0.15) is 8.42 Å². The average molecular weight is 401 g/mol. The third-order valence-corrected chi connectivity index (χ3v) is 5.75. The Balaban J connectivity index is 1.55. The molecule has 1 heterocycles. The van der Waals surface area contributed by atoms with Crippen LogP contribution < -0.4 is 15.4 Å². The van der Waals surface area contributed by atoms with Gasteiger partial charge in [0.05, 0.1) is 12.8 Å². The lowest BCUT2D eigenvalue weighted by atomic mass is 10.0. The molecule has 1 aliphatic heterocycles. The fourth-order valence-corrected chi connectivity index (χ4v) is 4.19. The molecule has 0 saturated heterocycles. The van der Waals surface area contributed by atoms with Gasteiger partial charge in [0, 0.05) is 19.4 Å². The van der Waals surface area contributed by atoms with Crippen LogP contribution in [0.2, 0.25) is 0 Å². The number of sulfonamides is 1. The number of anilines is 1. The van der Waals surface area contributed by atoms with Crippen molar-refractivity contribution in [1.29, 1.82) is 0 Å². The summed E-state index contributed by atoms with van der Waals surface area (Å²) in [7, 11) is -2.11. The Hall–Kier alpha value is -2.87. The summed E-state index contributed by atoms with van der Waals surface area (Å²) in [5, 5.41) is 5.93. The highest BCUT2D eigenvalue weighted by molar-refractivity contribution is 7.90. The molecule has 0 saturated carbocycles. The van der Waals surface area contributed by atoms with Gasteiger partial charge in [-0.1, -0.05) is 31.2 Å². The van der Waals surface area contributed by atoms with Gasteiger partial charge in [0.25, 0.3) is 10.0 Å². The average Bonchev–Trinajstić information content (AvgIpc) is 2.66. The van der Waals surface area contributed by atoms with Gasteiger partial charge < -0.3 is 15.4 Å². The van der Waals surface area contributed by atoms with Crippen LogP contribution in [0.15, 0.2) is 57.8 Å². The molecule has 1 aliphatic rings. The van der Waals surface area contributed by atoms with Crippen LogP contribution in [0.3, 0.4) is 0 Å². The summed E-state index contributed by atoms with van der Waals surface area (Å²) in [6, 6.07) is 14.1. The maximum Gasteiger partial charge on any atom is 0.286 e. The summed E-state index contributed by atoms with van der Waals surface area (Å²) in [5.74, 6) is 0.918. The summed E-state index contributed by atoms with van der Waals surface area (Å²) in [5.41, 5.74) is 1.46. The lowest BCUT2D eigenvalue weighted by Gasteiger charge is -2.20. The zero-order valence-electron chi connectivity index (χ0n) is 15.8. The number of ether oxygens (including phenoxy) is 1. The summed E-state index contributed by atoms with van der Waals surface area (Å²) in [6.07, 6.45) is 0.631. The summed E-state index contributed by atoms with van der Waals surface area (Å²) in [6.45, 7) is 2.30. The van der Waals surface area contributed by atoms with E-state index in [-0.39, 0.29) is 23.1 Å². The van der Waals surface area contributed by atoms with E-state index in [1.165, 1.54) is 6.07 Å². The van der Waals surface area contributed by atoms with Gasteiger partial charge in [0.15, 0.2) is 0 Å². The zero-order valence-corrected chi connectivity index (χ0v) is 16.6. The molecule has 0 spiro atoms. The first-order chi connectivity index (χ1) is 13.4. The zero-order chi connectivity index (χ0) is 20.1. The van der Waals surface area contributed by atoms with E-state index in [1.54, 1.807) is 25.3 Å². The number of nitrogens with one attached hydrogen (secondary N) is 2. The van der Waals surface area contributed by atoms with Gasteiger partial charge in [-0.25, -0.2) is 0 Å². The van der Waals surface area contributed by atoms with Crippen molar-refractivity contribution in [2.24, 2.45) is 10.3 Å². The summed E-state index contributed by atoms with van der Waals surface area (Å²) in [4.78, 5) is 12.4. The van der Waals surface area contributed by atoms with Crippen molar-refractivity contribution in [2.75, 3.05) is 12.4 Å². The molecule has 0 fully saturated rings. The van der Waals surface area contributed by atoms with Gasteiger partial charge in [0.1, 0.15) is 16.5 Å². The number of carbonyl (C=O) groups is 1. The Morgan fingerprint density at radius 3 is 2.79 bits per heavy atom. The number of benzene rings is 2. The molecule has 8 heteroatoms. The Morgan fingerprint density at radius 1 is 1.21 bits per heavy atom. The van der Waals surface area contributed by atoms with Crippen LogP contribution in [0.5, 0.6) is 5.75 Å². The lowest BCUT2D eigenvalue weighted by molar-refractivity contribution is -0.122. The number of hydrogen-bond acceptors (Lipinski definition) is 5. The Bertz CT molecular complexity index is 1000. The minimum atomic E-state index is -3.71. The van der Waals surface area contributed by atoms with E-state index < -0.39 is 10.0 Å². The van der Waals surface area contributed by atoms with E-state index in [0.717, 1.165) is 11.3 Å². The fraction of sp³-hybridized carbons (Fsp3) is 0.300. The smallest absolute Gasteiger partial charge is 0.286 e. The largest absolute Gasteiger partial charge is 0.497 e. The number of amidine groups is 1. The first-order valence-corrected chi connectivity index (χ1v) is 10.4. The molecular weight excluding hydrogens is 378 g/mol. The van der Waals surface area contributed by atoms with Crippen LogP contribution in [0.25, 0.3) is 0 Å². The number of methoxy groups -OCH3 is 1. The standard InChI is InChI=1S/C20H23N3O4S/c1-14(11-20(24)21-13-15-6-5-7-16(12-15)27-2)10-19-22-17-8-3-4-9-18(17)28(25,26)23-19/h3-9,12,14H,10-11,13H2,1-2H3,(H,21,24)(H,22,23). The predicted molar refractivity (Wildman–Crippen MR) is 108 cm³/mol. The maximum atomic E-state index is 12.3. The highest BCUT2D eigenvalue weighted by Crippen LogP contribution is 2.28. The third kappa shape index (κ3) is 4.89. The van der Waals surface area contributed by atoms with Gasteiger partial charge >= 0.3 is 0 Å². The predicted octanol–water partition coefficient (Wildman–Crippen LogP) is 2.94. The number of para-hydroxylation sites is 1. The quantitative estimate of drug-likeness (QED) is 0.744. The van der Waals surface area contributed by atoms with Crippen molar-refractivity contribution in [3.8, 4) is 5.75 Å². The first kappa shape index (κ1) is 19.9. The highest BCUT2D eigenvalue weighted by Gasteiger charge is 2.25. The van der Waals surface area contributed by atoms with Crippen LogP contribution in [0.1, 0.15) is 25.3 Å². The van der Waals surface area contributed by atoms with Crippen LogP contribution in [0, 0.1) is 5.92 Å². The van der Waals surface area contributed by atoms with E-state index in [1.807, 2.05) is 31.2 Å². The van der Waals surface area contributed by atoms with Crippen molar-refractivity contribution < 1.29 is 17.9 Å². The third-order valence-electron chi connectivity index (χ3n) is 4.37. The molecule has 28 heavy (non-hydrogen) atoms. The van der Waals surface area contributed by atoms with Crippen molar-refractivity contribution in [1.82, 2.24) is 5.32 Å². The van der Waals surface area contributed by atoms with Crippen molar-refractivity contribution >= 4 is 27.5 Å². The second kappa shape index (κ2) is 8.43. The van der Waals surface area contributed by atoms with Crippen molar-refractivity contribution in [2.45, 2.75) is 31.2 Å². The summed E-state index contributed by atoms with van der Waals surface area (Å²) >= 11 is 0. The van der Waals surface area contributed by atoms with Crippen LogP contribution in [-0.2, 0) is 21.4 Å². The molecule has 1 amide bonds. The number of amides is 1. The number of carbonyl (C=O) groups excluding carboxylic acids is 1. The maximum absolute atomic E-state index is 12.3. The van der Waals surface area contributed by atoms with E-state index in [4.69, 9.17) is 4.74 Å². The molecule has 0 aromatic heterocycles. The van der Waals surface area contributed by atoms with E-state index >= 15 is 0 Å². The number of fused-ring (bicyclic) bond motifs is 1. The van der Waals surface area contributed by atoms with Crippen molar-refractivity contribution in [3.63, 3.8) is 0 Å². The lowest BCUT2D eigenvalue weighted by Crippen LogP contribution is -2.27. The van der Waals surface area contributed by atoms with E-state index in [2.05, 4.69) is 15.0 Å². The Morgan fingerprint density at radius 2 is 2.00 bits per heavy atom. The SMILES string of the molecule is COc1cccc(CNC(=O)CC(C)CC2=NS(=O)(=O)c3ccccc3N2)c1. The minimum absolute atomic E-state index is 0.0722. The Labute approximate surface area is 164 Å². The van der Waals surface area contributed by atoms with Crippen LogP contribution in [0.4, 0.5) is 5.69 Å². The molecule has 1 atom stereocenters. The molecule has 1 unspecified atom stereocenters. The van der Waals surface area contributed by atoms with Gasteiger partial charge in [-0.15, -0.1) is 4.40 Å². The molecule has 2 N–H and O–H groups in total. The minimum Gasteiger partial charge on any atom is -0.497 e. The second-order valence-electron chi connectivity index (χ2n) is 6.78. The summed E-state index contributed by atoms with van der Waals surface area (Å²) < 4.78 is 33.6. The van der Waals surface area contributed by atoms with E-state index in [9.17, 15) is 13.2 Å². The van der Waals surface area contributed by atoms with Crippen LogP contribution >= 0.6 is 0 Å². The monoisotopic (exact) mass is 401 g/mol. The molecule has 148 valence electrons. The number of hydrogen-bond donors (Lipinski definition) is 2. The molecular formula is C20H23N3O4S. The molecule has 0 radical (unpaired) electrons. The van der Waals surface area contributed by atoms with E-state index in [0.29, 0.717) is 24.5 Å². The molecule has 0 bridgehead atoms. The topological polar surface area (TPSA) is 96.9 Å². The van der Waals surface area contributed by atoms with Crippen LogP contribution in [-0.4, -0.2) is 27.3 Å². The second-order valence-corrected chi connectivity index (χ2v) is 8.35. The fourth-order valence-electron chi connectivity index (χ4n) is 3.03. The number of nitrogens with zero attached hydrogens (tertiary/aromatic N) is 1. The molecule has 2 aromatic carbocycles.